The van der Waals surface area contributed by atoms with Gasteiger partial charge in [-0.05, 0) is 60.2 Å². The Hall–Kier alpha value is -4.38. The summed E-state index contributed by atoms with van der Waals surface area (Å²) in [5.41, 5.74) is 1.07. The predicted molar refractivity (Wildman–Crippen MR) is 126 cm³/mol. The van der Waals surface area contributed by atoms with E-state index in [2.05, 4.69) is 0 Å². The molecule has 2 aromatic carbocycles. The quantitative estimate of drug-likeness (QED) is 0.139. The van der Waals surface area contributed by atoms with Crippen LogP contribution >= 0.6 is 11.8 Å². The Morgan fingerprint density at radius 2 is 1.91 bits per heavy atom. The van der Waals surface area contributed by atoms with E-state index in [0.717, 1.165) is 16.7 Å². The first-order chi connectivity index (χ1) is 16.9. The molecule has 0 unspecified atom stereocenters. The number of nitrogens with zero attached hydrogens (tertiary/aromatic N) is 2. The molecule has 1 aliphatic heterocycles. The van der Waals surface area contributed by atoms with Gasteiger partial charge in [0.25, 0.3) is 16.8 Å². The van der Waals surface area contributed by atoms with Crippen LogP contribution in [-0.4, -0.2) is 33.5 Å². The third kappa shape index (κ3) is 5.41. The van der Waals surface area contributed by atoms with Gasteiger partial charge in [-0.2, -0.15) is 0 Å². The molecule has 2 heterocycles. The van der Waals surface area contributed by atoms with Crippen LogP contribution in [0.25, 0.3) is 6.08 Å². The van der Waals surface area contributed by atoms with E-state index < -0.39 is 22.0 Å². The van der Waals surface area contributed by atoms with Crippen molar-refractivity contribution in [2.75, 3.05) is 6.61 Å². The van der Waals surface area contributed by atoms with Crippen molar-refractivity contribution in [2.24, 2.45) is 0 Å². The lowest BCUT2D eigenvalue weighted by Gasteiger charge is -2.12. The fourth-order valence-corrected chi connectivity index (χ4v) is 4.04. The number of hydrogen-bond donors (Lipinski definition) is 0. The van der Waals surface area contributed by atoms with Gasteiger partial charge in [-0.3, -0.25) is 24.6 Å². The molecule has 11 heteroatoms. The van der Waals surface area contributed by atoms with Gasteiger partial charge in [-0.1, -0.05) is 18.2 Å². The van der Waals surface area contributed by atoms with Gasteiger partial charge in [0.05, 0.1) is 29.2 Å². The highest BCUT2D eigenvalue weighted by molar-refractivity contribution is 8.18. The normalized spacial score (nSPS) is 14.4. The number of imide groups is 1. The average Bonchev–Trinajstić information content (AvgIpc) is 3.46. The van der Waals surface area contributed by atoms with E-state index in [9.17, 15) is 24.5 Å². The average molecular weight is 494 g/mol. The fourth-order valence-electron chi connectivity index (χ4n) is 3.21. The van der Waals surface area contributed by atoms with Gasteiger partial charge in [0.15, 0.2) is 11.5 Å². The second kappa shape index (κ2) is 10.3. The SMILES string of the molecule is CCOc1cc(/C=C2\SC(=O)N(Cc3ccc([N+](=O)[O-])cc3)C2=O)ccc1OC(=O)c1ccco1. The second-order valence-electron chi connectivity index (χ2n) is 7.20. The van der Waals surface area contributed by atoms with Crippen LogP contribution in [0.15, 0.2) is 70.2 Å². The van der Waals surface area contributed by atoms with Gasteiger partial charge in [-0.25, -0.2) is 4.79 Å². The van der Waals surface area contributed by atoms with E-state index in [0.29, 0.717) is 17.7 Å². The zero-order valence-corrected chi connectivity index (χ0v) is 19.2. The first kappa shape index (κ1) is 23.8. The van der Waals surface area contributed by atoms with Crippen LogP contribution in [-0.2, 0) is 11.3 Å². The molecule has 178 valence electrons. The van der Waals surface area contributed by atoms with Crippen LogP contribution in [0.2, 0.25) is 0 Å². The molecular weight excluding hydrogens is 476 g/mol. The van der Waals surface area contributed by atoms with Crippen LogP contribution in [0.5, 0.6) is 11.5 Å². The van der Waals surface area contributed by atoms with Crippen LogP contribution in [0.1, 0.15) is 28.6 Å². The van der Waals surface area contributed by atoms with Crippen molar-refractivity contribution >= 4 is 40.6 Å². The number of amides is 2. The zero-order valence-electron chi connectivity index (χ0n) is 18.3. The number of esters is 1. The van der Waals surface area contributed by atoms with Gasteiger partial charge < -0.3 is 13.9 Å². The van der Waals surface area contributed by atoms with Gasteiger partial charge in [-0.15, -0.1) is 0 Å². The molecule has 3 aromatic rings. The van der Waals surface area contributed by atoms with Gasteiger partial charge >= 0.3 is 5.97 Å². The Kier molecular flexibility index (Phi) is 6.97. The molecule has 1 fully saturated rings. The number of ether oxygens (including phenoxy) is 2. The highest BCUT2D eigenvalue weighted by atomic mass is 32.2. The number of carbonyl (C=O) groups is 3. The van der Waals surface area contributed by atoms with Crippen LogP contribution in [0.3, 0.4) is 0 Å². The van der Waals surface area contributed by atoms with Crippen molar-refractivity contribution in [2.45, 2.75) is 13.5 Å². The fraction of sp³-hybridized carbons (Fsp3) is 0.125. The Labute approximate surface area is 203 Å². The number of nitro benzene ring substituents is 1. The number of nitro groups is 1. The Morgan fingerprint density at radius 3 is 2.57 bits per heavy atom. The van der Waals surface area contributed by atoms with Gasteiger partial charge in [0.2, 0.25) is 5.76 Å². The first-order valence-corrected chi connectivity index (χ1v) is 11.2. The van der Waals surface area contributed by atoms with E-state index in [1.54, 1.807) is 31.2 Å². The van der Waals surface area contributed by atoms with Crippen LogP contribution in [0, 0.1) is 10.1 Å². The Morgan fingerprint density at radius 1 is 1.14 bits per heavy atom. The monoisotopic (exact) mass is 494 g/mol. The molecule has 0 N–H and O–H groups in total. The number of rotatable bonds is 8. The summed E-state index contributed by atoms with van der Waals surface area (Å²) in [4.78, 5) is 49.1. The van der Waals surface area contributed by atoms with E-state index >= 15 is 0 Å². The Balaban J connectivity index is 1.51. The minimum Gasteiger partial charge on any atom is -0.490 e. The predicted octanol–water partition coefficient (Wildman–Crippen LogP) is 5.04. The molecule has 35 heavy (non-hydrogen) atoms. The summed E-state index contributed by atoms with van der Waals surface area (Å²) in [7, 11) is 0. The summed E-state index contributed by atoms with van der Waals surface area (Å²) in [5.74, 6) is -0.665. The molecule has 0 aliphatic carbocycles. The van der Waals surface area contributed by atoms with E-state index in [4.69, 9.17) is 13.9 Å². The van der Waals surface area contributed by atoms with Crippen LogP contribution in [0.4, 0.5) is 10.5 Å². The van der Waals surface area contributed by atoms with Gasteiger partial charge in [0, 0.05) is 12.1 Å². The minimum absolute atomic E-state index is 0.00807. The lowest BCUT2D eigenvalue weighted by atomic mass is 10.1. The molecule has 1 aliphatic rings. The number of hydrogen-bond acceptors (Lipinski definition) is 9. The minimum atomic E-state index is -0.684. The second-order valence-corrected chi connectivity index (χ2v) is 8.19. The molecule has 4 rings (SSSR count). The van der Waals surface area contributed by atoms with E-state index in [1.165, 1.54) is 42.7 Å². The van der Waals surface area contributed by atoms with E-state index in [1.807, 2.05) is 0 Å². The van der Waals surface area contributed by atoms with Crippen molar-refractivity contribution in [1.29, 1.82) is 0 Å². The molecule has 1 saturated heterocycles. The molecule has 0 spiro atoms. The number of non-ortho nitro benzene ring substituents is 1. The third-order valence-corrected chi connectivity index (χ3v) is 5.76. The van der Waals surface area contributed by atoms with Crippen molar-refractivity contribution in [1.82, 2.24) is 4.90 Å². The summed E-state index contributed by atoms with van der Waals surface area (Å²) in [6, 6.07) is 13.4. The van der Waals surface area contributed by atoms with E-state index in [-0.39, 0.29) is 34.4 Å². The third-order valence-electron chi connectivity index (χ3n) is 4.85. The summed E-state index contributed by atoms with van der Waals surface area (Å²) < 4.78 is 16.0. The maximum Gasteiger partial charge on any atom is 0.379 e. The standard InChI is InChI=1S/C24H18N2O8S/c1-2-32-20-12-16(7-10-18(20)34-23(28)19-4-3-11-33-19)13-21-22(27)25(24(29)35-21)14-15-5-8-17(9-6-15)26(30)31/h3-13H,2,14H2,1H3/b21-13-. The number of benzene rings is 2. The van der Waals surface area contributed by atoms with Crippen LogP contribution < -0.4 is 9.47 Å². The Bertz CT molecular complexity index is 1320. The molecule has 2 amide bonds. The summed E-state index contributed by atoms with van der Waals surface area (Å²) in [6.07, 6.45) is 2.90. The molecule has 0 saturated carbocycles. The number of carbonyl (C=O) groups excluding carboxylic acids is 3. The first-order valence-electron chi connectivity index (χ1n) is 10.4. The highest BCUT2D eigenvalue weighted by Crippen LogP contribution is 2.35. The molecule has 0 atom stereocenters. The highest BCUT2D eigenvalue weighted by Gasteiger charge is 2.35. The topological polar surface area (TPSA) is 129 Å². The van der Waals surface area contributed by atoms with Crippen molar-refractivity contribution < 1.29 is 33.2 Å². The molecular formula is C24H18N2O8S. The molecule has 1 aromatic heterocycles. The maximum atomic E-state index is 12.9. The lowest BCUT2D eigenvalue weighted by Crippen LogP contribution is -2.27. The summed E-state index contributed by atoms with van der Waals surface area (Å²) in [6.45, 7) is 2.07. The largest absolute Gasteiger partial charge is 0.490 e. The van der Waals surface area contributed by atoms with Crippen molar-refractivity contribution in [3.05, 3.63) is 92.8 Å². The van der Waals surface area contributed by atoms with Gasteiger partial charge in [0.1, 0.15) is 0 Å². The van der Waals surface area contributed by atoms with Crippen molar-refractivity contribution in [3.63, 3.8) is 0 Å². The molecule has 0 radical (unpaired) electrons. The number of furan rings is 1. The van der Waals surface area contributed by atoms with Crippen molar-refractivity contribution in [3.8, 4) is 11.5 Å². The molecule has 10 nitrogen and oxygen atoms in total. The summed E-state index contributed by atoms with van der Waals surface area (Å²) in [5, 5.41) is 10.4. The zero-order chi connectivity index (χ0) is 24.9. The maximum absolute atomic E-state index is 12.9. The summed E-state index contributed by atoms with van der Waals surface area (Å²) >= 11 is 0.788. The lowest BCUT2D eigenvalue weighted by molar-refractivity contribution is -0.384. The number of thioether (sulfide) groups is 1. The molecule has 0 bridgehead atoms. The smallest absolute Gasteiger partial charge is 0.379 e.